The van der Waals surface area contributed by atoms with Gasteiger partial charge in [0.2, 0.25) is 10.0 Å². The van der Waals surface area contributed by atoms with Gasteiger partial charge < -0.3 is 15.3 Å². The number of amides is 1. The molecule has 0 unspecified atom stereocenters. The van der Waals surface area contributed by atoms with Crippen LogP contribution in [0.1, 0.15) is 28.8 Å². The molecule has 9 nitrogen and oxygen atoms in total. The summed E-state index contributed by atoms with van der Waals surface area (Å²) in [6.45, 7) is 0.104. The molecule has 0 bridgehead atoms. The summed E-state index contributed by atoms with van der Waals surface area (Å²) in [5, 5.41) is 2.91. The van der Waals surface area contributed by atoms with Crippen LogP contribution in [0.5, 0.6) is 0 Å². The summed E-state index contributed by atoms with van der Waals surface area (Å²) in [5.41, 5.74) is 0.160. The average Bonchev–Trinajstić information content (AvgIpc) is 3.53. The highest BCUT2D eigenvalue weighted by molar-refractivity contribution is 7.89. The van der Waals surface area contributed by atoms with Crippen LogP contribution in [0.2, 0.25) is 0 Å². The van der Waals surface area contributed by atoms with E-state index in [1.807, 2.05) is 0 Å². The molecule has 1 aliphatic rings. The molecule has 1 aromatic heterocycles. The largest absolute Gasteiger partial charge is 0.349 e. The number of aromatic amines is 2. The lowest BCUT2D eigenvalue weighted by Crippen LogP contribution is -2.29. The van der Waals surface area contributed by atoms with Crippen LogP contribution in [-0.2, 0) is 16.6 Å². The minimum Gasteiger partial charge on any atom is -0.349 e. The highest BCUT2D eigenvalue weighted by Crippen LogP contribution is 2.21. The number of aromatic nitrogens is 2. The monoisotopic (exact) mass is 428 g/mol. The zero-order valence-electron chi connectivity index (χ0n) is 16.1. The molecule has 0 aliphatic heterocycles. The number of carbonyl (C=O) groups excluding carboxylic acids is 1. The quantitative estimate of drug-likeness (QED) is 0.503. The number of hydrogen-bond acceptors (Lipinski definition) is 5. The second kappa shape index (κ2) is 7.54. The molecular weight excluding hydrogens is 408 g/mol. The molecule has 4 rings (SSSR count). The molecule has 0 radical (unpaired) electrons. The molecular formula is C20H20N4O5S. The van der Waals surface area contributed by atoms with Gasteiger partial charge in [0.25, 0.3) is 5.91 Å². The number of sulfonamides is 1. The van der Waals surface area contributed by atoms with Crippen molar-refractivity contribution < 1.29 is 13.2 Å². The predicted octanol–water partition coefficient (Wildman–Crippen LogP) is 0.929. The van der Waals surface area contributed by atoms with E-state index in [9.17, 15) is 22.8 Å². The van der Waals surface area contributed by atoms with E-state index in [1.165, 1.54) is 29.6 Å². The molecule has 1 saturated carbocycles. The van der Waals surface area contributed by atoms with Gasteiger partial charge in [-0.1, -0.05) is 12.1 Å². The maximum Gasteiger partial charge on any atom is 0.314 e. The molecule has 10 heteroatoms. The van der Waals surface area contributed by atoms with Crippen molar-refractivity contribution in [2.24, 2.45) is 0 Å². The maximum absolute atomic E-state index is 12.9. The molecule has 1 amide bonds. The number of fused-ring (bicyclic) bond motifs is 1. The van der Waals surface area contributed by atoms with Crippen LogP contribution >= 0.6 is 0 Å². The zero-order chi connectivity index (χ0) is 21.5. The van der Waals surface area contributed by atoms with Crippen LogP contribution in [-0.4, -0.2) is 41.7 Å². The lowest BCUT2D eigenvalue weighted by atomic mass is 10.1. The Hall–Kier alpha value is -3.24. The number of carbonyl (C=O) groups is 1. The zero-order valence-corrected chi connectivity index (χ0v) is 17.0. The Morgan fingerprint density at radius 1 is 1.03 bits per heavy atom. The van der Waals surface area contributed by atoms with Crippen molar-refractivity contribution in [1.82, 2.24) is 19.6 Å². The van der Waals surface area contributed by atoms with Gasteiger partial charge in [-0.05, 0) is 48.7 Å². The van der Waals surface area contributed by atoms with Crippen molar-refractivity contribution in [3.8, 4) is 0 Å². The molecule has 0 saturated heterocycles. The summed E-state index contributed by atoms with van der Waals surface area (Å²) in [6.07, 6.45) is 2.01. The predicted molar refractivity (Wildman–Crippen MR) is 111 cm³/mol. The van der Waals surface area contributed by atoms with E-state index >= 15 is 0 Å². The Labute approximate surface area is 171 Å². The third kappa shape index (κ3) is 4.05. The van der Waals surface area contributed by atoms with Crippen LogP contribution in [0.15, 0.2) is 56.9 Å². The second-order valence-corrected chi connectivity index (χ2v) is 9.37. The van der Waals surface area contributed by atoms with Crippen LogP contribution in [0.25, 0.3) is 11.0 Å². The molecule has 1 heterocycles. The maximum atomic E-state index is 12.9. The molecule has 2 aromatic carbocycles. The van der Waals surface area contributed by atoms with Crippen LogP contribution in [0.3, 0.4) is 0 Å². The van der Waals surface area contributed by atoms with E-state index in [1.54, 1.807) is 24.3 Å². The standard InChI is InChI=1S/C20H20N4O5S/c1-24(11-12-2-4-13(5-3-12)18(25)21-14-6-7-14)30(28,29)15-8-9-16-17(10-15)23-20(27)19(26)22-16/h2-5,8-10,14H,6-7,11H2,1H3,(H,21,25)(H,22,26)(H,23,27). The summed E-state index contributed by atoms with van der Waals surface area (Å²) in [5.74, 6) is -0.131. The fraction of sp³-hybridized carbons (Fsp3) is 0.250. The molecule has 3 N–H and O–H groups in total. The van der Waals surface area contributed by atoms with Crippen LogP contribution in [0, 0.1) is 0 Å². The molecule has 1 fully saturated rings. The van der Waals surface area contributed by atoms with Gasteiger partial charge in [-0.25, -0.2) is 8.42 Å². The van der Waals surface area contributed by atoms with E-state index < -0.39 is 21.1 Å². The molecule has 0 atom stereocenters. The number of benzene rings is 2. The van der Waals surface area contributed by atoms with E-state index in [0.29, 0.717) is 11.1 Å². The lowest BCUT2D eigenvalue weighted by molar-refractivity contribution is 0.0951. The lowest BCUT2D eigenvalue weighted by Gasteiger charge is -2.18. The van der Waals surface area contributed by atoms with E-state index in [0.717, 1.165) is 18.4 Å². The summed E-state index contributed by atoms with van der Waals surface area (Å²) < 4.78 is 27.0. The van der Waals surface area contributed by atoms with Gasteiger partial charge in [-0.2, -0.15) is 4.31 Å². The fourth-order valence-electron chi connectivity index (χ4n) is 3.03. The van der Waals surface area contributed by atoms with Crippen molar-refractivity contribution in [2.45, 2.75) is 30.3 Å². The molecule has 3 aromatic rings. The molecule has 156 valence electrons. The summed E-state index contributed by atoms with van der Waals surface area (Å²) in [4.78, 5) is 39.7. The first kappa shape index (κ1) is 20.0. The summed E-state index contributed by atoms with van der Waals surface area (Å²) in [7, 11) is -2.40. The normalized spacial score (nSPS) is 14.2. The van der Waals surface area contributed by atoms with Crippen LogP contribution in [0.4, 0.5) is 0 Å². The van der Waals surface area contributed by atoms with Crippen molar-refractivity contribution >= 4 is 27.0 Å². The average molecular weight is 428 g/mol. The Kier molecular flexibility index (Phi) is 5.04. The number of nitrogens with zero attached hydrogens (tertiary/aromatic N) is 1. The van der Waals surface area contributed by atoms with E-state index in [-0.39, 0.29) is 28.9 Å². The number of nitrogens with one attached hydrogen (secondary N) is 3. The van der Waals surface area contributed by atoms with Gasteiger partial charge in [0, 0.05) is 25.2 Å². The van der Waals surface area contributed by atoms with Crippen molar-refractivity contribution in [2.75, 3.05) is 7.05 Å². The molecule has 1 aliphatic carbocycles. The first-order valence-corrected chi connectivity index (χ1v) is 10.8. The van der Waals surface area contributed by atoms with Crippen molar-refractivity contribution in [1.29, 1.82) is 0 Å². The minimum absolute atomic E-state index is 0.0133. The molecule has 0 spiro atoms. The number of H-pyrrole nitrogens is 2. The third-order valence-corrected chi connectivity index (χ3v) is 6.74. The number of rotatable bonds is 6. The van der Waals surface area contributed by atoms with Crippen molar-refractivity contribution in [3.63, 3.8) is 0 Å². The van der Waals surface area contributed by atoms with Crippen molar-refractivity contribution in [3.05, 3.63) is 74.3 Å². The van der Waals surface area contributed by atoms with Gasteiger partial charge in [-0.3, -0.25) is 14.4 Å². The third-order valence-electron chi connectivity index (χ3n) is 4.94. The molecule has 30 heavy (non-hydrogen) atoms. The minimum atomic E-state index is -3.85. The highest BCUT2D eigenvalue weighted by Gasteiger charge is 2.24. The Balaban J connectivity index is 1.53. The van der Waals surface area contributed by atoms with Gasteiger partial charge in [0.1, 0.15) is 0 Å². The fourth-order valence-corrected chi connectivity index (χ4v) is 4.22. The highest BCUT2D eigenvalue weighted by atomic mass is 32.2. The summed E-state index contributed by atoms with van der Waals surface area (Å²) >= 11 is 0. The van der Waals surface area contributed by atoms with E-state index in [2.05, 4.69) is 15.3 Å². The smallest absolute Gasteiger partial charge is 0.314 e. The van der Waals surface area contributed by atoms with Gasteiger partial charge in [0.05, 0.1) is 15.9 Å². The van der Waals surface area contributed by atoms with E-state index in [4.69, 9.17) is 0 Å². The SMILES string of the molecule is CN(Cc1ccc(C(=O)NC2CC2)cc1)S(=O)(=O)c1ccc2[nH]c(=O)c(=O)[nH]c2c1. The van der Waals surface area contributed by atoms with Gasteiger partial charge in [-0.15, -0.1) is 0 Å². The Morgan fingerprint density at radius 2 is 1.67 bits per heavy atom. The first-order chi connectivity index (χ1) is 14.2. The Bertz CT molecular complexity index is 1340. The second-order valence-electron chi connectivity index (χ2n) is 7.32. The topological polar surface area (TPSA) is 132 Å². The number of hydrogen-bond donors (Lipinski definition) is 3. The van der Waals surface area contributed by atoms with Gasteiger partial charge >= 0.3 is 11.1 Å². The van der Waals surface area contributed by atoms with Crippen LogP contribution < -0.4 is 16.4 Å². The van der Waals surface area contributed by atoms with Gasteiger partial charge in [0.15, 0.2) is 0 Å². The Morgan fingerprint density at radius 3 is 2.30 bits per heavy atom. The summed E-state index contributed by atoms with van der Waals surface area (Å²) in [6, 6.07) is 11.2. The first-order valence-electron chi connectivity index (χ1n) is 9.36.